The molecule has 1 aromatic heterocycles. The van der Waals surface area contributed by atoms with Gasteiger partial charge in [-0.05, 0) is 91.6 Å². The molecule has 3 aliphatic rings. The second-order valence-corrected chi connectivity index (χ2v) is 10.9. The van der Waals surface area contributed by atoms with Gasteiger partial charge < -0.3 is 15.0 Å². The predicted molar refractivity (Wildman–Crippen MR) is 131 cm³/mol. The molecule has 2 aromatic rings. The van der Waals surface area contributed by atoms with Gasteiger partial charge in [0.1, 0.15) is 0 Å². The van der Waals surface area contributed by atoms with Gasteiger partial charge in [0, 0.05) is 35.8 Å². The number of H-pyrrole nitrogens is 1. The molecule has 7 heteroatoms. The number of nitrogens with zero attached hydrogens (tertiary/aromatic N) is 2. The number of likely N-dealkylation sites (tertiary alicyclic amines) is 1. The van der Waals surface area contributed by atoms with Gasteiger partial charge in [-0.15, -0.1) is 0 Å². The maximum absolute atomic E-state index is 11.7. The van der Waals surface area contributed by atoms with Gasteiger partial charge in [-0.2, -0.15) is 5.10 Å². The Hall–Kier alpha value is -2.02. The lowest BCUT2D eigenvalue weighted by Crippen LogP contribution is -2.63. The highest BCUT2D eigenvalue weighted by Crippen LogP contribution is 2.58. The number of nitrogens with one attached hydrogen (secondary N) is 2. The van der Waals surface area contributed by atoms with E-state index in [4.69, 9.17) is 21.7 Å². The Balaban J connectivity index is 1.18. The van der Waals surface area contributed by atoms with Gasteiger partial charge in [0.25, 0.3) is 5.56 Å². The average molecular weight is 469 g/mol. The van der Waals surface area contributed by atoms with Gasteiger partial charge in [0.15, 0.2) is 0 Å². The number of aromatic nitrogens is 2. The molecule has 1 aromatic carbocycles. The monoisotopic (exact) mass is 468 g/mol. The van der Waals surface area contributed by atoms with E-state index in [1.165, 1.54) is 37.7 Å². The SMILES string of the molecule is Cc1c(Cl)ccc(C(C2COC2)C2CC3(C2)CN(CCCc2cn[nH]c(=O)c2C)C3)c1C=N. The number of aryl methyl sites for hydroxylation is 1. The first-order valence-electron chi connectivity index (χ1n) is 12.0. The van der Waals surface area contributed by atoms with E-state index in [-0.39, 0.29) is 5.56 Å². The van der Waals surface area contributed by atoms with Crippen LogP contribution in [0.1, 0.15) is 53.0 Å². The zero-order chi connectivity index (χ0) is 23.2. The van der Waals surface area contributed by atoms with Crippen LogP contribution in [0.4, 0.5) is 0 Å². The Morgan fingerprint density at radius 3 is 2.70 bits per heavy atom. The van der Waals surface area contributed by atoms with E-state index in [0.29, 0.717) is 23.2 Å². The van der Waals surface area contributed by atoms with Crippen molar-refractivity contribution in [1.29, 1.82) is 5.41 Å². The highest BCUT2D eigenvalue weighted by molar-refractivity contribution is 6.31. The molecule has 5 rings (SSSR count). The third kappa shape index (κ3) is 4.17. The molecule has 0 radical (unpaired) electrons. The third-order valence-corrected chi connectivity index (χ3v) is 8.71. The van der Waals surface area contributed by atoms with Crippen LogP contribution in [0.25, 0.3) is 0 Å². The minimum Gasteiger partial charge on any atom is -0.381 e. The van der Waals surface area contributed by atoms with Crippen LogP contribution < -0.4 is 5.56 Å². The number of halogens is 1. The van der Waals surface area contributed by atoms with Crippen molar-refractivity contribution in [2.24, 2.45) is 17.3 Å². The first kappa shape index (κ1) is 22.8. The second kappa shape index (κ2) is 8.97. The quantitative estimate of drug-likeness (QED) is 0.571. The smallest absolute Gasteiger partial charge is 0.267 e. The molecule has 33 heavy (non-hydrogen) atoms. The molecule has 3 fully saturated rings. The molecule has 2 aliphatic heterocycles. The van der Waals surface area contributed by atoms with Crippen molar-refractivity contribution in [1.82, 2.24) is 15.1 Å². The number of rotatable bonds is 8. The zero-order valence-corrected chi connectivity index (χ0v) is 20.3. The van der Waals surface area contributed by atoms with Crippen LogP contribution in [0.5, 0.6) is 0 Å². The first-order chi connectivity index (χ1) is 15.9. The molecule has 2 N–H and O–H groups in total. The normalized spacial score (nSPS) is 21.3. The van der Waals surface area contributed by atoms with E-state index in [1.54, 1.807) is 6.20 Å². The lowest BCUT2D eigenvalue weighted by Gasteiger charge is -2.62. The summed E-state index contributed by atoms with van der Waals surface area (Å²) in [6.07, 6.45) is 7.76. The summed E-state index contributed by atoms with van der Waals surface area (Å²) >= 11 is 6.36. The fourth-order valence-electron chi connectivity index (χ4n) is 6.42. The summed E-state index contributed by atoms with van der Waals surface area (Å²) in [6, 6.07) is 4.16. The number of aromatic amines is 1. The summed E-state index contributed by atoms with van der Waals surface area (Å²) in [5.41, 5.74) is 5.55. The van der Waals surface area contributed by atoms with Gasteiger partial charge in [0.05, 0.1) is 19.4 Å². The van der Waals surface area contributed by atoms with Crippen LogP contribution in [0.3, 0.4) is 0 Å². The molecule has 6 nitrogen and oxygen atoms in total. The highest BCUT2D eigenvalue weighted by Gasteiger charge is 2.55. The molecular formula is C26H33ClN4O2. The molecule has 0 amide bonds. The van der Waals surface area contributed by atoms with E-state index >= 15 is 0 Å². The number of hydrogen-bond donors (Lipinski definition) is 2. The molecule has 2 saturated heterocycles. The van der Waals surface area contributed by atoms with Crippen LogP contribution in [-0.2, 0) is 11.2 Å². The van der Waals surface area contributed by atoms with E-state index in [0.717, 1.165) is 59.9 Å². The molecule has 176 valence electrons. The van der Waals surface area contributed by atoms with Crippen LogP contribution in [-0.4, -0.2) is 54.2 Å². The Morgan fingerprint density at radius 1 is 1.27 bits per heavy atom. The minimum absolute atomic E-state index is 0.0793. The fourth-order valence-corrected chi connectivity index (χ4v) is 6.59. The molecule has 1 atom stereocenters. The summed E-state index contributed by atoms with van der Waals surface area (Å²) in [4.78, 5) is 14.3. The van der Waals surface area contributed by atoms with Crippen LogP contribution in [0, 0.1) is 36.5 Å². The lowest BCUT2D eigenvalue weighted by molar-refractivity contribution is -0.127. The Kier molecular flexibility index (Phi) is 6.19. The molecule has 1 unspecified atom stereocenters. The molecule has 1 saturated carbocycles. The Labute approximate surface area is 200 Å². The summed E-state index contributed by atoms with van der Waals surface area (Å²) in [5, 5.41) is 15.2. The summed E-state index contributed by atoms with van der Waals surface area (Å²) in [5.74, 6) is 1.66. The standard InChI is InChI=1S/C26H33ClN4O2/c1-16-18(11-29-30-25(16)32)4-3-7-31-14-26(15-31)8-19(9-26)24(20-12-33-13-20)21-5-6-23(27)17(2)22(21)10-28/h5-6,10-11,19-20,24,28H,3-4,7-9,12-15H2,1-2H3,(H,30,32). The number of ether oxygens (including phenoxy) is 1. The summed E-state index contributed by atoms with van der Waals surface area (Å²) in [7, 11) is 0. The van der Waals surface area contributed by atoms with Crippen molar-refractivity contribution < 1.29 is 4.74 Å². The van der Waals surface area contributed by atoms with Crippen molar-refractivity contribution in [2.45, 2.75) is 45.4 Å². The Bertz CT molecular complexity index is 1100. The second-order valence-electron chi connectivity index (χ2n) is 10.5. The summed E-state index contributed by atoms with van der Waals surface area (Å²) in [6.45, 7) is 9.00. The number of hydrogen-bond acceptors (Lipinski definition) is 5. The topological polar surface area (TPSA) is 82.1 Å². The van der Waals surface area contributed by atoms with Gasteiger partial charge >= 0.3 is 0 Å². The predicted octanol–water partition coefficient (Wildman–Crippen LogP) is 4.11. The van der Waals surface area contributed by atoms with Gasteiger partial charge in [-0.25, -0.2) is 5.10 Å². The van der Waals surface area contributed by atoms with E-state index in [2.05, 4.69) is 21.2 Å². The maximum atomic E-state index is 11.7. The van der Waals surface area contributed by atoms with E-state index < -0.39 is 0 Å². The average Bonchev–Trinajstić information content (AvgIpc) is 2.70. The Morgan fingerprint density at radius 2 is 2.03 bits per heavy atom. The molecule has 1 spiro atoms. The van der Waals surface area contributed by atoms with Crippen LogP contribution >= 0.6 is 11.6 Å². The van der Waals surface area contributed by atoms with Gasteiger partial charge in [-0.1, -0.05) is 17.7 Å². The molecule has 1 aliphatic carbocycles. The van der Waals surface area contributed by atoms with Crippen molar-refractivity contribution in [3.8, 4) is 0 Å². The molecule has 0 bridgehead atoms. The van der Waals surface area contributed by atoms with Gasteiger partial charge in [0.2, 0.25) is 0 Å². The van der Waals surface area contributed by atoms with Crippen LogP contribution in [0.15, 0.2) is 23.1 Å². The van der Waals surface area contributed by atoms with Crippen molar-refractivity contribution >= 4 is 17.8 Å². The molecular weight excluding hydrogens is 436 g/mol. The van der Waals surface area contributed by atoms with Crippen molar-refractivity contribution in [2.75, 3.05) is 32.8 Å². The maximum Gasteiger partial charge on any atom is 0.267 e. The third-order valence-electron chi connectivity index (χ3n) is 8.30. The fraction of sp³-hybridized carbons (Fsp3) is 0.577. The van der Waals surface area contributed by atoms with Crippen LogP contribution in [0.2, 0.25) is 5.02 Å². The van der Waals surface area contributed by atoms with E-state index in [1.807, 2.05) is 19.9 Å². The first-order valence-corrected chi connectivity index (χ1v) is 12.4. The summed E-state index contributed by atoms with van der Waals surface area (Å²) < 4.78 is 5.57. The van der Waals surface area contributed by atoms with E-state index in [9.17, 15) is 4.79 Å². The minimum atomic E-state index is -0.0793. The highest BCUT2D eigenvalue weighted by atomic mass is 35.5. The van der Waals surface area contributed by atoms with Crippen molar-refractivity contribution in [3.63, 3.8) is 0 Å². The lowest BCUT2D eigenvalue weighted by atomic mass is 9.52. The largest absolute Gasteiger partial charge is 0.381 e. The zero-order valence-electron chi connectivity index (χ0n) is 19.5. The van der Waals surface area contributed by atoms with Crippen molar-refractivity contribution in [3.05, 3.63) is 61.5 Å². The van der Waals surface area contributed by atoms with Gasteiger partial charge in [-0.3, -0.25) is 4.79 Å². The molecule has 3 heterocycles. The number of benzene rings is 1.